The molecule has 0 radical (unpaired) electrons. The van der Waals surface area contributed by atoms with Gasteiger partial charge in [0.05, 0.1) is 6.10 Å². The van der Waals surface area contributed by atoms with Gasteiger partial charge >= 0.3 is 5.97 Å². The van der Waals surface area contributed by atoms with Crippen molar-refractivity contribution in [3.05, 3.63) is 12.2 Å². The van der Waals surface area contributed by atoms with Crippen molar-refractivity contribution in [2.75, 3.05) is 5.33 Å². The van der Waals surface area contributed by atoms with Crippen LogP contribution in [-0.4, -0.2) is 39.8 Å². The molecule has 5 heteroatoms. The third-order valence-corrected chi connectivity index (χ3v) is 2.23. The average molecular weight is 237 g/mol. The lowest BCUT2D eigenvalue weighted by atomic mass is 10.1. The number of aliphatic hydroxyl groups is 2. The largest absolute Gasteiger partial charge is 0.452 e. The minimum absolute atomic E-state index is 0.246. The van der Waals surface area contributed by atoms with Gasteiger partial charge in [-0.1, -0.05) is 15.9 Å². The average Bonchev–Trinajstić information content (AvgIpc) is 2.49. The minimum atomic E-state index is -1.06. The SMILES string of the molecule is O=C1C=C[C@@H]([C@H](O)[C@H](O)CBr)O1. The van der Waals surface area contributed by atoms with Gasteiger partial charge in [-0.15, -0.1) is 0 Å². The monoisotopic (exact) mass is 236 g/mol. The van der Waals surface area contributed by atoms with E-state index in [1.807, 2.05) is 0 Å². The van der Waals surface area contributed by atoms with E-state index >= 15 is 0 Å². The second-order valence-electron chi connectivity index (χ2n) is 2.47. The second kappa shape index (κ2) is 4.02. The molecule has 0 aromatic rings. The van der Waals surface area contributed by atoms with E-state index in [9.17, 15) is 9.90 Å². The van der Waals surface area contributed by atoms with Crippen LogP contribution < -0.4 is 0 Å². The van der Waals surface area contributed by atoms with Crippen molar-refractivity contribution in [2.45, 2.75) is 18.3 Å². The van der Waals surface area contributed by atoms with E-state index in [1.165, 1.54) is 12.2 Å². The fourth-order valence-corrected chi connectivity index (χ4v) is 1.26. The van der Waals surface area contributed by atoms with E-state index in [4.69, 9.17) is 5.11 Å². The number of esters is 1. The number of alkyl halides is 1. The summed E-state index contributed by atoms with van der Waals surface area (Å²) in [6.45, 7) is 0. The van der Waals surface area contributed by atoms with Crippen LogP contribution in [0.4, 0.5) is 0 Å². The molecule has 2 N–H and O–H groups in total. The highest BCUT2D eigenvalue weighted by Gasteiger charge is 2.29. The molecule has 0 saturated carbocycles. The first-order valence-corrected chi connectivity index (χ1v) is 4.58. The van der Waals surface area contributed by atoms with Gasteiger partial charge in [0.1, 0.15) is 12.2 Å². The molecule has 1 rings (SSSR count). The molecule has 0 saturated heterocycles. The van der Waals surface area contributed by atoms with Crippen LogP contribution in [0.2, 0.25) is 0 Å². The van der Waals surface area contributed by atoms with E-state index in [2.05, 4.69) is 20.7 Å². The number of hydrogen-bond acceptors (Lipinski definition) is 4. The highest BCUT2D eigenvalue weighted by Crippen LogP contribution is 2.13. The van der Waals surface area contributed by atoms with Crippen molar-refractivity contribution in [3.8, 4) is 0 Å². The van der Waals surface area contributed by atoms with E-state index < -0.39 is 24.3 Å². The van der Waals surface area contributed by atoms with Crippen LogP contribution in [0.15, 0.2) is 12.2 Å². The van der Waals surface area contributed by atoms with Gasteiger partial charge in [0.2, 0.25) is 0 Å². The van der Waals surface area contributed by atoms with Crippen LogP contribution in [0.5, 0.6) is 0 Å². The molecule has 1 aliphatic heterocycles. The van der Waals surface area contributed by atoms with Gasteiger partial charge in [-0.05, 0) is 6.08 Å². The smallest absolute Gasteiger partial charge is 0.331 e. The van der Waals surface area contributed by atoms with Gasteiger partial charge in [0.25, 0.3) is 0 Å². The molecule has 0 unspecified atom stereocenters. The molecule has 0 spiro atoms. The Morgan fingerprint density at radius 3 is 2.75 bits per heavy atom. The van der Waals surface area contributed by atoms with Gasteiger partial charge in [-0.25, -0.2) is 4.79 Å². The van der Waals surface area contributed by atoms with Crippen LogP contribution in [0.3, 0.4) is 0 Å². The number of halogens is 1. The van der Waals surface area contributed by atoms with Gasteiger partial charge in [-0.2, -0.15) is 0 Å². The van der Waals surface area contributed by atoms with Crippen LogP contribution in [-0.2, 0) is 9.53 Å². The molecule has 3 atom stereocenters. The summed E-state index contributed by atoms with van der Waals surface area (Å²) in [6.07, 6.45) is -0.0454. The zero-order chi connectivity index (χ0) is 9.14. The fourth-order valence-electron chi connectivity index (χ4n) is 0.880. The summed E-state index contributed by atoms with van der Waals surface area (Å²) in [4.78, 5) is 10.6. The maximum atomic E-state index is 10.6. The van der Waals surface area contributed by atoms with Crippen molar-refractivity contribution in [1.29, 1.82) is 0 Å². The summed E-state index contributed by atoms with van der Waals surface area (Å²) in [6, 6.07) is 0. The number of carbonyl (C=O) groups excluding carboxylic acids is 1. The predicted molar refractivity (Wildman–Crippen MR) is 44.8 cm³/mol. The molecular formula is C7H9BrO4. The second-order valence-corrected chi connectivity index (χ2v) is 3.12. The predicted octanol–water partition coefficient (Wildman–Crippen LogP) is -0.415. The first-order valence-electron chi connectivity index (χ1n) is 3.46. The van der Waals surface area contributed by atoms with E-state index in [0.717, 1.165) is 0 Å². The number of aliphatic hydroxyl groups excluding tert-OH is 2. The highest BCUT2D eigenvalue weighted by atomic mass is 79.9. The van der Waals surface area contributed by atoms with Crippen LogP contribution in [0.25, 0.3) is 0 Å². The zero-order valence-corrected chi connectivity index (χ0v) is 7.77. The number of cyclic esters (lactones) is 1. The molecule has 0 aliphatic carbocycles. The quantitative estimate of drug-likeness (QED) is 0.517. The number of ether oxygens (including phenoxy) is 1. The van der Waals surface area contributed by atoms with Crippen LogP contribution in [0.1, 0.15) is 0 Å². The van der Waals surface area contributed by atoms with Crippen LogP contribution >= 0.6 is 15.9 Å². The first kappa shape index (κ1) is 9.70. The molecule has 0 aromatic heterocycles. The van der Waals surface area contributed by atoms with E-state index in [-0.39, 0.29) is 5.33 Å². The van der Waals surface area contributed by atoms with Gasteiger partial charge in [0, 0.05) is 11.4 Å². The third-order valence-electron chi connectivity index (χ3n) is 1.56. The topological polar surface area (TPSA) is 66.8 Å². The molecule has 0 amide bonds. The highest BCUT2D eigenvalue weighted by molar-refractivity contribution is 9.09. The Morgan fingerprint density at radius 1 is 1.67 bits per heavy atom. The summed E-state index contributed by atoms with van der Waals surface area (Å²) < 4.78 is 4.67. The maximum Gasteiger partial charge on any atom is 0.331 e. The molecule has 0 bridgehead atoms. The lowest BCUT2D eigenvalue weighted by Crippen LogP contribution is -2.37. The lowest BCUT2D eigenvalue weighted by Gasteiger charge is -2.19. The standard InChI is InChI=1S/C7H9BrO4/c8-3-4(9)7(11)5-1-2-6(10)12-5/h1-2,4-5,7,9,11H,3H2/t4-,5+,7-/m1/s1. The summed E-state index contributed by atoms with van der Waals surface area (Å²) >= 11 is 3.00. The van der Waals surface area contributed by atoms with Gasteiger partial charge < -0.3 is 14.9 Å². The van der Waals surface area contributed by atoms with Crippen molar-refractivity contribution in [3.63, 3.8) is 0 Å². The Bertz CT molecular complexity index is 204. The molecule has 68 valence electrons. The Balaban J connectivity index is 2.49. The summed E-state index contributed by atoms with van der Waals surface area (Å²) in [5.41, 5.74) is 0. The molecular weight excluding hydrogens is 228 g/mol. The molecule has 12 heavy (non-hydrogen) atoms. The number of carbonyl (C=O) groups is 1. The van der Waals surface area contributed by atoms with E-state index in [0.29, 0.717) is 0 Å². The lowest BCUT2D eigenvalue weighted by molar-refractivity contribution is -0.145. The molecule has 0 aromatic carbocycles. The van der Waals surface area contributed by atoms with Gasteiger partial charge in [-0.3, -0.25) is 0 Å². The van der Waals surface area contributed by atoms with Crippen molar-refractivity contribution < 1.29 is 19.7 Å². The summed E-state index contributed by atoms with van der Waals surface area (Å²) in [5, 5.41) is 18.7. The van der Waals surface area contributed by atoms with Crippen molar-refractivity contribution in [2.24, 2.45) is 0 Å². The Hall–Kier alpha value is -0.390. The van der Waals surface area contributed by atoms with Crippen LogP contribution in [0, 0.1) is 0 Å². The molecule has 0 fully saturated rings. The maximum absolute atomic E-state index is 10.6. The normalized spacial score (nSPS) is 26.9. The van der Waals surface area contributed by atoms with E-state index in [1.54, 1.807) is 0 Å². The molecule has 4 nitrogen and oxygen atoms in total. The Kier molecular flexibility index (Phi) is 3.25. The van der Waals surface area contributed by atoms with Crippen molar-refractivity contribution in [1.82, 2.24) is 0 Å². The summed E-state index contributed by atoms with van der Waals surface area (Å²) in [7, 11) is 0. The fraction of sp³-hybridized carbons (Fsp3) is 0.571. The Morgan fingerprint density at radius 2 is 2.33 bits per heavy atom. The number of rotatable bonds is 3. The summed E-state index contributed by atoms with van der Waals surface area (Å²) in [5.74, 6) is -0.485. The number of hydrogen-bond donors (Lipinski definition) is 2. The molecule has 1 aliphatic rings. The van der Waals surface area contributed by atoms with Gasteiger partial charge in [0.15, 0.2) is 0 Å². The molecule has 1 heterocycles. The third kappa shape index (κ3) is 2.06. The van der Waals surface area contributed by atoms with Crippen molar-refractivity contribution >= 4 is 21.9 Å². The first-order chi connectivity index (χ1) is 5.65. The Labute approximate surface area is 78.0 Å². The minimum Gasteiger partial charge on any atom is -0.452 e. The zero-order valence-electron chi connectivity index (χ0n) is 6.18.